The summed E-state index contributed by atoms with van der Waals surface area (Å²) in [6.45, 7) is 1.43. The molecule has 0 spiro atoms. The molecule has 0 bridgehead atoms. The number of carbonyl (C=O) groups excluding carboxylic acids is 1. The zero-order valence-electron chi connectivity index (χ0n) is 8.48. The number of hydrogen-bond donors (Lipinski definition) is 0. The Labute approximate surface area is 88.6 Å². The molecule has 0 saturated carbocycles. The van der Waals surface area contributed by atoms with E-state index in [0.717, 1.165) is 19.4 Å². The van der Waals surface area contributed by atoms with Gasteiger partial charge in [-0.2, -0.15) is 0 Å². The first-order valence-corrected chi connectivity index (χ1v) is 5.38. The van der Waals surface area contributed by atoms with Crippen LogP contribution in [0.15, 0.2) is 24.3 Å². The molecule has 2 aliphatic rings. The van der Waals surface area contributed by atoms with Gasteiger partial charge in [-0.15, -0.1) is 0 Å². The van der Waals surface area contributed by atoms with Crippen LogP contribution in [0.5, 0.6) is 0 Å². The lowest BCUT2D eigenvalue weighted by atomic mass is 9.77. The van der Waals surface area contributed by atoms with Crippen LogP contribution in [0.1, 0.15) is 23.5 Å². The highest BCUT2D eigenvalue weighted by atomic mass is 16.7. The Hall–Kier alpha value is -1.35. The van der Waals surface area contributed by atoms with E-state index in [4.69, 9.17) is 4.84 Å². The number of amides is 1. The first-order valence-electron chi connectivity index (χ1n) is 5.38. The minimum atomic E-state index is 0.0410. The van der Waals surface area contributed by atoms with Gasteiger partial charge in [-0.25, -0.2) is 5.06 Å². The largest absolute Gasteiger partial charge is 0.272 e. The fourth-order valence-electron chi connectivity index (χ4n) is 2.27. The van der Waals surface area contributed by atoms with E-state index in [2.05, 4.69) is 6.07 Å². The standard InChI is InChI=1S/C12H13NO2/c14-12(13-6-3-7-15-13)11-8-9-4-1-2-5-10(9)11/h1-2,4-5,11H,3,6-8H2. The molecule has 1 aliphatic carbocycles. The van der Waals surface area contributed by atoms with Crippen LogP contribution < -0.4 is 0 Å². The molecule has 15 heavy (non-hydrogen) atoms. The number of rotatable bonds is 1. The molecule has 3 rings (SSSR count). The van der Waals surface area contributed by atoms with Crippen molar-refractivity contribution in [3.8, 4) is 0 Å². The lowest BCUT2D eigenvalue weighted by Gasteiger charge is -2.31. The van der Waals surface area contributed by atoms with Crippen LogP contribution >= 0.6 is 0 Å². The fourth-order valence-corrected chi connectivity index (χ4v) is 2.27. The molecule has 1 aromatic rings. The van der Waals surface area contributed by atoms with Crippen molar-refractivity contribution in [3.63, 3.8) is 0 Å². The molecule has 1 atom stereocenters. The SMILES string of the molecule is O=C(C1Cc2ccccc21)N1CCCO1. The Bertz CT molecular complexity index is 396. The first-order chi connectivity index (χ1) is 7.36. The van der Waals surface area contributed by atoms with E-state index in [-0.39, 0.29) is 11.8 Å². The third-order valence-corrected chi connectivity index (χ3v) is 3.15. The van der Waals surface area contributed by atoms with E-state index >= 15 is 0 Å². The van der Waals surface area contributed by atoms with Gasteiger partial charge in [-0.05, 0) is 24.0 Å². The van der Waals surface area contributed by atoms with Crippen molar-refractivity contribution in [1.82, 2.24) is 5.06 Å². The van der Waals surface area contributed by atoms with Gasteiger partial charge in [0.2, 0.25) is 0 Å². The van der Waals surface area contributed by atoms with Crippen molar-refractivity contribution in [3.05, 3.63) is 35.4 Å². The highest BCUT2D eigenvalue weighted by Gasteiger charge is 2.36. The van der Waals surface area contributed by atoms with Crippen LogP contribution in [0.4, 0.5) is 0 Å². The summed E-state index contributed by atoms with van der Waals surface area (Å²) in [7, 11) is 0. The van der Waals surface area contributed by atoms with Crippen molar-refractivity contribution in [1.29, 1.82) is 0 Å². The van der Waals surface area contributed by atoms with Gasteiger partial charge in [0.05, 0.1) is 19.1 Å². The second kappa shape index (κ2) is 3.35. The topological polar surface area (TPSA) is 29.5 Å². The number of hydrogen-bond acceptors (Lipinski definition) is 2. The van der Waals surface area contributed by atoms with Crippen LogP contribution in [0.25, 0.3) is 0 Å². The van der Waals surface area contributed by atoms with E-state index in [1.165, 1.54) is 16.2 Å². The predicted octanol–water partition coefficient (Wildman–Crippen LogP) is 1.49. The van der Waals surface area contributed by atoms with Gasteiger partial charge in [0.25, 0.3) is 5.91 Å². The summed E-state index contributed by atoms with van der Waals surface area (Å²) in [5.74, 6) is 0.172. The average molecular weight is 203 g/mol. The molecule has 3 nitrogen and oxygen atoms in total. The van der Waals surface area contributed by atoms with Crippen molar-refractivity contribution in [2.75, 3.05) is 13.2 Å². The molecule has 1 saturated heterocycles. The zero-order chi connectivity index (χ0) is 10.3. The Balaban J connectivity index is 1.78. The summed E-state index contributed by atoms with van der Waals surface area (Å²) in [5.41, 5.74) is 2.48. The van der Waals surface area contributed by atoms with Gasteiger partial charge in [0.15, 0.2) is 0 Å². The number of nitrogens with zero attached hydrogens (tertiary/aromatic N) is 1. The summed E-state index contributed by atoms with van der Waals surface area (Å²) in [5, 5.41) is 1.53. The maximum Gasteiger partial charge on any atom is 0.253 e. The summed E-state index contributed by atoms with van der Waals surface area (Å²) < 4.78 is 0. The molecule has 0 aromatic heterocycles. The van der Waals surface area contributed by atoms with E-state index in [0.29, 0.717) is 6.61 Å². The van der Waals surface area contributed by atoms with Crippen molar-refractivity contribution in [2.45, 2.75) is 18.8 Å². The van der Waals surface area contributed by atoms with Gasteiger partial charge >= 0.3 is 0 Å². The highest BCUT2D eigenvalue weighted by molar-refractivity contribution is 5.86. The van der Waals surface area contributed by atoms with Crippen molar-refractivity contribution >= 4 is 5.91 Å². The third kappa shape index (κ3) is 1.35. The molecule has 1 heterocycles. The van der Waals surface area contributed by atoms with Gasteiger partial charge in [0.1, 0.15) is 0 Å². The van der Waals surface area contributed by atoms with E-state index in [1.54, 1.807) is 0 Å². The fraction of sp³-hybridized carbons (Fsp3) is 0.417. The van der Waals surface area contributed by atoms with E-state index in [9.17, 15) is 4.79 Å². The maximum atomic E-state index is 12.0. The molecular weight excluding hydrogens is 190 g/mol. The summed E-state index contributed by atoms with van der Waals surface area (Å²) >= 11 is 0. The minimum absolute atomic E-state index is 0.0410. The summed E-state index contributed by atoms with van der Waals surface area (Å²) in [6.07, 6.45) is 1.83. The van der Waals surface area contributed by atoms with Crippen LogP contribution in [-0.4, -0.2) is 24.1 Å². The van der Waals surface area contributed by atoms with Crippen LogP contribution in [0, 0.1) is 0 Å². The second-order valence-corrected chi connectivity index (χ2v) is 4.08. The van der Waals surface area contributed by atoms with Crippen LogP contribution in [0.3, 0.4) is 0 Å². The van der Waals surface area contributed by atoms with Crippen molar-refractivity contribution in [2.24, 2.45) is 0 Å². The van der Waals surface area contributed by atoms with Crippen LogP contribution in [-0.2, 0) is 16.1 Å². The molecule has 1 amide bonds. The number of carbonyl (C=O) groups is 1. The van der Waals surface area contributed by atoms with Gasteiger partial charge < -0.3 is 0 Å². The van der Waals surface area contributed by atoms with Gasteiger partial charge in [-0.3, -0.25) is 9.63 Å². The molecule has 78 valence electrons. The predicted molar refractivity (Wildman–Crippen MR) is 55.2 cm³/mol. The Morgan fingerprint density at radius 1 is 1.40 bits per heavy atom. The minimum Gasteiger partial charge on any atom is -0.272 e. The first kappa shape index (κ1) is 8.92. The van der Waals surface area contributed by atoms with Crippen molar-refractivity contribution < 1.29 is 9.63 Å². The summed E-state index contributed by atoms with van der Waals surface area (Å²) in [4.78, 5) is 17.3. The lowest BCUT2D eigenvalue weighted by Crippen LogP contribution is -2.36. The Kier molecular flexibility index (Phi) is 1.99. The maximum absolute atomic E-state index is 12.0. The smallest absolute Gasteiger partial charge is 0.253 e. The van der Waals surface area contributed by atoms with Gasteiger partial charge in [0, 0.05) is 0 Å². The second-order valence-electron chi connectivity index (χ2n) is 4.08. The zero-order valence-corrected chi connectivity index (χ0v) is 8.48. The molecule has 1 fully saturated rings. The molecule has 0 radical (unpaired) electrons. The normalized spacial score (nSPS) is 23.5. The quantitative estimate of drug-likeness (QED) is 0.692. The third-order valence-electron chi connectivity index (χ3n) is 3.15. The molecule has 3 heteroatoms. The molecule has 1 unspecified atom stereocenters. The van der Waals surface area contributed by atoms with E-state index in [1.807, 2.05) is 18.2 Å². The monoisotopic (exact) mass is 203 g/mol. The number of hydroxylamine groups is 2. The lowest BCUT2D eigenvalue weighted by molar-refractivity contribution is -0.171. The Morgan fingerprint density at radius 3 is 3.00 bits per heavy atom. The molecular formula is C12H13NO2. The molecule has 0 N–H and O–H groups in total. The van der Waals surface area contributed by atoms with E-state index < -0.39 is 0 Å². The summed E-state index contributed by atoms with van der Waals surface area (Å²) in [6, 6.07) is 8.14. The van der Waals surface area contributed by atoms with Gasteiger partial charge in [-0.1, -0.05) is 24.3 Å². The average Bonchev–Trinajstić information content (AvgIpc) is 2.72. The number of fused-ring (bicyclic) bond motifs is 1. The molecule has 1 aromatic carbocycles. The highest BCUT2D eigenvalue weighted by Crippen LogP contribution is 2.36. The molecule has 1 aliphatic heterocycles. The Morgan fingerprint density at radius 2 is 2.27 bits per heavy atom. The van der Waals surface area contributed by atoms with Crippen LogP contribution in [0.2, 0.25) is 0 Å². The number of benzene rings is 1.